The van der Waals surface area contributed by atoms with Crippen molar-refractivity contribution in [1.29, 1.82) is 0 Å². The van der Waals surface area contributed by atoms with E-state index in [0.29, 0.717) is 41.9 Å². The van der Waals surface area contributed by atoms with Gasteiger partial charge in [-0.15, -0.1) is 5.92 Å². The number of ether oxygens (including phenoxy) is 2. The molecule has 0 aliphatic rings. The van der Waals surface area contributed by atoms with Gasteiger partial charge in [-0.05, 0) is 50.3 Å². The van der Waals surface area contributed by atoms with E-state index in [9.17, 15) is 44.1 Å². The van der Waals surface area contributed by atoms with Crippen LogP contribution in [0.4, 0.5) is 4.79 Å². The molecule has 1 rings (SSSR count). The van der Waals surface area contributed by atoms with E-state index in [0.717, 1.165) is 65.2 Å². The Morgan fingerprint density at radius 1 is 0.941 bits per heavy atom. The number of allylic oxidation sites excluding steroid dienone is 1. The smallest absolute Gasteiger partial charge is 0.416 e. The highest BCUT2D eigenvalue weighted by Gasteiger charge is 2.49. The Morgan fingerprint density at radius 3 is 2.10 bits per heavy atom. The number of nitrogens with zero attached hydrogens (tertiary/aromatic N) is 1. The van der Waals surface area contributed by atoms with Crippen molar-refractivity contribution in [2.45, 2.75) is 115 Å². The van der Waals surface area contributed by atoms with Gasteiger partial charge in [0.2, 0.25) is 5.91 Å². The number of carboxylic acid groups (broad SMARTS) is 2. The number of aliphatic carboxylic acids is 2. The number of nitrogens with one attached hydrogen (secondary N) is 1. The van der Waals surface area contributed by atoms with Gasteiger partial charge in [-0.1, -0.05) is 75.7 Å². The van der Waals surface area contributed by atoms with Gasteiger partial charge in [0.05, 0.1) is 19.4 Å². The molecule has 0 radical (unpaired) electrons. The summed E-state index contributed by atoms with van der Waals surface area (Å²) in [5, 5.41) is 32.9. The van der Waals surface area contributed by atoms with Gasteiger partial charge in [0.1, 0.15) is 24.2 Å². The monoisotopic (exact) mass is 714 g/mol. The number of imide groups is 1. The molecule has 0 aliphatic heterocycles. The Labute approximate surface area is 300 Å². The number of benzene rings is 1. The Balaban J connectivity index is 3.09. The molecule has 0 unspecified atom stereocenters. The Bertz CT molecular complexity index is 1380. The van der Waals surface area contributed by atoms with Gasteiger partial charge in [-0.25, -0.2) is 14.5 Å². The molecule has 0 fully saturated rings. The van der Waals surface area contributed by atoms with Crippen molar-refractivity contribution in [3.05, 3.63) is 42.0 Å². The first-order valence-corrected chi connectivity index (χ1v) is 17.4. The molecular weight excluding hydrogens is 660 g/mol. The molecule has 0 aliphatic carbocycles. The van der Waals surface area contributed by atoms with Crippen molar-refractivity contribution in [1.82, 2.24) is 10.2 Å². The summed E-state index contributed by atoms with van der Waals surface area (Å²) < 4.78 is 10.1. The van der Waals surface area contributed by atoms with Crippen molar-refractivity contribution in [3.8, 4) is 17.6 Å². The Hall–Kier alpha value is -4.70. The number of aliphatic hydroxyl groups is 1. The van der Waals surface area contributed by atoms with E-state index in [1.54, 1.807) is 31.2 Å². The van der Waals surface area contributed by atoms with Gasteiger partial charge in [0.25, 0.3) is 5.91 Å². The van der Waals surface area contributed by atoms with Gasteiger partial charge < -0.3 is 30.1 Å². The van der Waals surface area contributed by atoms with Crippen LogP contribution in [0.15, 0.2) is 36.4 Å². The number of amides is 3. The van der Waals surface area contributed by atoms with Gasteiger partial charge in [-0.2, -0.15) is 0 Å². The maximum atomic E-state index is 13.7. The molecular formula is C38H54N2O11. The SMILES string of the molecule is CC#CCOc1ccc(C[C@H](NC(=O)[C@@H](/C=C/CCCCCCC(=O)CCCCCCC)[C@@](O)(CC(=O)O)C(=O)O)C(=O)N(C)C(=O)OC)cc1. The third kappa shape index (κ3) is 16.7. The number of likely N-dealkylation sites (N-methyl/N-ethyl adjacent to an activating group) is 1. The highest BCUT2D eigenvalue weighted by molar-refractivity contribution is 5.99. The number of methoxy groups -OCH3 is 1. The summed E-state index contributed by atoms with van der Waals surface area (Å²) in [6.45, 7) is 3.98. The van der Waals surface area contributed by atoms with Crippen LogP contribution in [-0.4, -0.2) is 88.3 Å². The van der Waals surface area contributed by atoms with E-state index >= 15 is 0 Å². The minimum absolute atomic E-state index is 0.162. The lowest BCUT2D eigenvalue weighted by Crippen LogP contribution is -2.57. The number of hydrogen-bond donors (Lipinski definition) is 4. The second kappa shape index (κ2) is 24.4. The zero-order valence-electron chi connectivity index (χ0n) is 30.3. The molecule has 0 saturated heterocycles. The van der Waals surface area contributed by atoms with Crippen molar-refractivity contribution in [2.75, 3.05) is 20.8 Å². The second-order valence-electron chi connectivity index (χ2n) is 12.4. The molecule has 0 aromatic heterocycles. The molecule has 1 aromatic rings. The Morgan fingerprint density at radius 2 is 1.55 bits per heavy atom. The fraction of sp³-hybridized carbons (Fsp3) is 0.579. The van der Waals surface area contributed by atoms with Crippen LogP contribution in [0.2, 0.25) is 0 Å². The van der Waals surface area contributed by atoms with Crippen molar-refractivity contribution in [2.24, 2.45) is 5.92 Å². The summed E-state index contributed by atoms with van der Waals surface area (Å²) in [4.78, 5) is 75.9. The minimum atomic E-state index is -3.06. The average molecular weight is 715 g/mol. The third-order valence-electron chi connectivity index (χ3n) is 8.30. The lowest BCUT2D eigenvalue weighted by Gasteiger charge is -2.30. The molecule has 1 aromatic carbocycles. The standard InChI is InChI=1S/C38H54N2O11/c1-5-7-9-12-15-18-29(41)19-16-13-10-11-14-17-20-31(38(49,36(46)47)27-33(42)43)34(44)39-32(35(45)40(3)37(48)50-4)26-28-21-23-30(24-22-28)51-25-8-6-2/h17,20-24,31-32,49H,5,7,9-16,18-19,25-27H2,1-4H3,(H,39,44)(H,42,43)(H,46,47)/b20-17+/t31-,32+,38+/m1/s1. The van der Waals surface area contributed by atoms with Crippen LogP contribution in [0.25, 0.3) is 0 Å². The number of rotatable bonds is 25. The molecule has 13 heteroatoms. The fourth-order valence-corrected chi connectivity index (χ4v) is 5.30. The van der Waals surface area contributed by atoms with Crippen molar-refractivity contribution < 1.29 is 53.6 Å². The largest absolute Gasteiger partial charge is 0.481 e. The van der Waals surface area contributed by atoms with E-state index in [1.807, 2.05) is 0 Å². The Kier molecular flexibility index (Phi) is 21.2. The summed E-state index contributed by atoms with van der Waals surface area (Å²) in [7, 11) is 2.20. The van der Waals surface area contributed by atoms with E-state index in [4.69, 9.17) is 4.74 Å². The molecule has 282 valence electrons. The van der Waals surface area contributed by atoms with Crippen molar-refractivity contribution >= 4 is 35.6 Å². The first kappa shape index (κ1) is 44.3. The quantitative estimate of drug-likeness (QED) is 0.0599. The van der Waals surface area contributed by atoms with Crippen LogP contribution in [0, 0.1) is 17.8 Å². The first-order valence-electron chi connectivity index (χ1n) is 17.4. The summed E-state index contributed by atoms with van der Waals surface area (Å²) in [5.41, 5.74) is -2.54. The topological polar surface area (TPSA) is 197 Å². The second-order valence-corrected chi connectivity index (χ2v) is 12.4. The predicted octanol–water partition coefficient (Wildman–Crippen LogP) is 5.07. The summed E-state index contributed by atoms with van der Waals surface area (Å²) in [6, 6.07) is 5.04. The number of carbonyl (C=O) groups is 6. The lowest BCUT2D eigenvalue weighted by molar-refractivity contribution is -0.172. The summed E-state index contributed by atoms with van der Waals surface area (Å²) in [6.07, 6.45) is 10.0. The molecule has 3 amide bonds. The highest BCUT2D eigenvalue weighted by Crippen LogP contribution is 2.26. The molecule has 51 heavy (non-hydrogen) atoms. The van der Waals surface area contributed by atoms with Gasteiger partial charge >= 0.3 is 18.0 Å². The maximum Gasteiger partial charge on any atom is 0.416 e. The van der Waals surface area contributed by atoms with Crippen LogP contribution >= 0.6 is 0 Å². The van der Waals surface area contributed by atoms with E-state index in [2.05, 4.69) is 28.8 Å². The average Bonchev–Trinajstić information content (AvgIpc) is 3.09. The molecule has 0 spiro atoms. The third-order valence-corrected chi connectivity index (χ3v) is 8.30. The molecule has 4 N–H and O–H groups in total. The van der Waals surface area contributed by atoms with Crippen LogP contribution in [0.5, 0.6) is 5.75 Å². The number of ketones is 1. The number of unbranched alkanes of at least 4 members (excludes halogenated alkanes) is 8. The zero-order chi connectivity index (χ0) is 38.2. The van der Waals surface area contributed by atoms with E-state index in [1.165, 1.54) is 12.5 Å². The molecule has 0 heterocycles. The summed E-state index contributed by atoms with van der Waals surface area (Å²) in [5.74, 6) is -1.34. The van der Waals surface area contributed by atoms with E-state index < -0.39 is 53.8 Å². The first-order chi connectivity index (χ1) is 24.3. The normalized spacial score (nSPS) is 13.2. The lowest BCUT2D eigenvalue weighted by atomic mass is 9.82. The van der Waals surface area contributed by atoms with Gasteiger partial charge in [0, 0.05) is 26.3 Å². The molecule has 3 atom stereocenters. The van der Waals surface area contributed by atoms with Crippen molar-refractivity contribution in [3.63, 3.8) is 0 Å². The highest BCUT2D eigenvalue weighted by atomic mass is 16.5. The van der Waals surface area contributed by atoms with Crippen LogP contribution < -0.4 is 10.1 Å². The molecule has 0 bridgehead atoms. The number of carbonyl (C=O) groups excluding carboxylic acids is 4. The predicted molar refractivity (Wildman–Crippen MR) is 190 cm³/mol. The van der Waals surface area contributed by atoms with Crippen LogP contribution in [0.1, 0.15) is 103 Å². The zero-order valence-corrected chi connectivity index (χ0v) is 30.3. The maximum absolute atomic E-state index is 13.7. The number of hydrogen-bond acceptors (Lipinski definition) is 9. The van der Waals surface area contributed by atoms with Gasteiger partial charge in [-0.3, -0.25) is 19.2 Å². The van der Waals surface area contributed by atoms with Crippen LogP contribution in [-0.2, 0) is 35.1 Å². The number of carboxylic acids is 2. The molecule has 0 saturated carbocycles. The van der Waals surface area contributed by atoms with E-state index in [-0.39, 0.29) is 18.8 Å². The van der Waals surface area contributed by atoms with Gasteiger partial charge in [0.15, 0.2) is 5.60 Å². The summed E-state index contributed by atoms with van der Waals surface area (Å²) >= 11 is 0. The molecule has 13 nitrogen and oxygen atoms in total. The number of Topliss-reactive ketones (excluding diaryl/α,β-unsaturated/α-hetero) is 1. The minimum Gasteiger partial charge on any atom is -0.481 e. The fourth-order valence-electron chi connectivity index (χ4n) is 5.30. The van der Waals surface area contributed by atoms with Crippen LogP contribution in [0.3, 0.4) is 0 Å².